The van der Waals surface area contributed by atoms with Crippen molar-refractivity contribution < 1.29 is 4.79 Å². The zero-order valence-corrected chi connectivity index (χ0v) is 19.8. The number of carbonyl (C=O) groups is 1. The van der Waals surface area contributed by atoms with Crippen LogP contribution in [-0.4, -0.2) is 34.2 Å². The van der Waals surface area contributed by atoms with Crippen LogP contribution in [0.1, 0.15) is 41.6 Å². The van der Waals surface area contributed by atoms with Gasteiger partial charge in [0.2, 0.25) is 5.91 Å². The van der Waals surface area contributed by atoms with Gasteiger partial charge in [-0.15, -0.1) is 23.1 Å². The van der Waals surface area contributed by atoms with Gasteiger partial charge in [0.15, 0.2) is 0 Å². The van der Waals surface area contributed by atoms with Gasteiger partial charge in [0, 0.05) is 30.2 Å². The van der Waals surface area contributed by atoms with Crippen LogP contribution in [0, 0.1) is 13.8 Å². The number of thiophene rings is 1. The highest BCUT2D eigenvalue weighted by Crippen LogP contribution is 2.26. The quantitative estimate of drug-likeness (QED) is 0.559. The van der Waals surface area contributed by atoms with E-state index in [1.807, 2.05) is 20.8 Å². The van der Waals surface area contributed by atoms with Crippen LogP contribution >= 0.6 is 23.1 Å². The van der Waals surface area contributed by atoms with Gasteiger partial charge >= 0.3 is 0 Å². The van der Waals surface area contributed by atoms with Crippen LogP contribution in [0.4, 0.5) is 5.69 Å². The van der Waals surface area contributed by atoms with Gasteiger partial charge in [0.1, 0.15) is 10.7 Å². The van der Waals surface area contributed by atoms with Crippen molar-refractivity contribution in [3.63, 3.8) is 0 Å². The molecule has 0 radical (unpaired) electrons. The molecule has 4 rings (SSSR count). The number of thioether (sulfide) groups is 1. The molecular weight excluding hydrogens is 428 g/mol. The average molecular weight is 457 g/mol. The Balaban J connectivity index is 1.29. The van der Waals surface area contributed by atoms with E-state index in [0.717, 1.165) is 33.9 Å². The van der Waals surface area contributed by atoms with Crippen molar-refractivity contribution in [2.75, 3.05) is 18.0 Å². The fourth-order valence-electron chi connectivity index (χ4n) is 3.78. The third kappa shape index (κ3) is 4.96. The van der Waals surface area contributed by atoms with Crippen molar-refractivity contribution in [1.29, 1.82) is 0 Å². The van der Waals surface area contributed by atoms with Crippen molar-refractivity contribution in [2.24, 2.45) is 0 Å². The van der Waals surface area contributed by atoms with E-state index in [-0.39, 0.29) is 16.7 Å². The summed E-state index contributed by atoms with van der Waals surface area (Å²) in [6.45, 7) is 8.60. The number of hydrogen-bond acceptors (Lipinski definition) is 6. The summed E-state index contributed by atoms with van der Waals surface area (Å²) in [6, 6.07) is 8.44. The van der Waals surface area contributed by atoms with Crippen molar-refractivity contribution in [2.45, 2.75) is 51.2 Å². The number of nitrogens with zero attached hydrogens (tertiary/aromatic N) is 2. The highest BCUT2D eigenvalue weighted by molar-refractivity contribution is 7.99. The molecule has 3 heterocycles. The first kappa shape index (κ1) is 21.9. The lowest BCUT2D eigenvalue weighted by atomic mass is 10.2. The molecule has 2 aromatic heterocycles. The Morgan fingerprint density at radius 1 is 1.26 bits per heavy atom. The fourth-order valence-corrected chi connectivity index (χ4v) is 5.61. The molecular formula is C23H28N4O2S2. The molecule has 1 aliphatic heterocycles. The average Bonchev–Trinajstić information content (AvgIpc) is 3.39. The minimum Gasteiger partial charge on any atom is -0.372 e. The Hall–Kier alpha value is -2.32. The summed E-state index contributed by atoms with van der Waals surface area (Å²) in [5.41, 5.74) is 3.24. The van der Waals surface area contributed by atoms with Crippen LogP contribution in [0.3, 0.4) is 0 Å². The number of H-pyrrole nitrogens is 1. The number of rotatable bonds is 7. The number of anilines is 1. The van der Waals surface area contributed by atoms with E-state index >= 15 is 0 Å². The molecule has 1 saturated heterocycles. The summed E-state index contributed by atoms with van der Waals surface area (Å²) in [5, 5.41) is 3.45. The van der Waals surface area contributed by atoms with E-state index in [0.29, 0.717) is 23.5 Å². The lowest BCUT2D eigenvalue weighted by Gasteiger charge is -2.18. The SMILES string of the molecule is Cc1sc2nc(CSC(C)C(=O)NCc3ccc(N4CCCC4)cc3)[nH]c(=O)c2c1C. The molecule has 1 atom stereocenters. The Labute approximate surface area is 190 Å². The second kappa shape index (κ2) is 9.44. The number of fused-ring (bicyclic) bond motifs is 1. The molecule has 2 N–H and O–H groups in total. The molecule has 1 aromatic carbocycles. The Morgan fingerprint density at radius 2 is 1.97 bits per heavy atom. The molecule has 1 fully saturated rings. The molecule has 0 saturated carbocycles. The van der Waals surface area contributed by atoms with Gasteiger partial charge in [0.05, 0.1) is 16.4 Å². The maximum Gasteiger partial charge on any atom is 0.259 e. The predicted molar refractivity (Wildman–Crippen MR) is 130 cm³/mol. The maximum atomic E-state index is 12.5. The van der Waals surface area contributed by atoms with Gasteiger partial charge in [-0.1, -0.05) is 12.1 Å². The summed E-state index contributed by atoms with van der Waals surface area (Å²) in [4.78, 5) is 36.6. The highest BCUT2D eigenvalue weighted by atomic mass is 32.2. The molecule has 0 aliphatic carbocycles. The first-order valence-electron chi connectivity index (χ1n) is 10.6. The molecule has 0 bridgehead atoms. The van der Waals surface area contributed by atoms with Crippen molar-refractivity contribution in [3.05, 3.63) is 56.4 Å². The number of hydrogen-bond donors (Lipinski definition) is 2. The Morgan fingerprint density at radius 3 is 2.68 bits per heavy atom. The Kier molecular flexibility index (Phi) is 6.67. The Bertz CT molecular complexity index is 1130. The van der Waals surface area contributed by atoms with E-state index in [4.69, 9.17) is 0 Å². The number of benzene rings is 1. The van der Waals surface area contributed by atoms with Crippen LogP contribution in [-0.2, 0) is 17.1 Å². The van der Waals surface area contributed by atoms with Gasteiger partial charge < -0.3 is 15.2 Å². The molecule has 6 nitrogen and oxygen atoms in total. The molecule has 31 heavy (non-hydrogen) atoms. The van der Waals surface area contributed by atoms with Gasteiger partial charge in [-0.2, -0.15) is 0 Å². The first-order valence-corrected chi connectivity index (χ1v) is 12.5. The molecule has 3 aromatic rings. The van der Waals surface area contributed by atoms with E-state index < -0.39 is 0 Å². The summed E-state index contributed by atoms with van der Waals surface area (Å²) in [7, 11) is 0. The topological polar surface area (TPSA) is 78.1 Å². The minimum absolute atomic E-state index is 0.0140. The number of nitrogens with one attached hydrogen (secondary N) is 2. The van der Waals surface area contributed by atoms with E-state index in [9.17, 15) is 9.59 Å². The summed E-state index contributed by atoms with van der Waals surface area (Å²) in [6.07, 6.45) is 2.52. The van der Waals surface area contributed by atoms with Crippen LogP contribution in [0.25, 0.3) is 10.2 Å². The summed E-state index contributed by atoms with van der Waals surface area (Å²) < 4.78 is 0. The second-order valence-electron chi connectivity index (χ2n) is 8.01. The summed E-state index contributed by atoms with van der Waals surface area (Å²) in [5.74, 6) is 1.08. The van der Waals surface area contributed by atoms with Gasteiger partial charge in [-0.05, 0) is 56.9 Å². The van der Waals surface area contributed by atoms with Gasteiger partial charge in [-0.3, -0.25) is 9.59 Å². The largest absolute Gasteiger partial charge is 0.372 e. The van der Waals surface area contributed by atoms with E-state index in [2.05, 4.69) is 44.5 Å². The molecule has 8 heteroatoms. The zero-order valence-electron chi connectivity index (χ0n) is 18.2. The zero-order chi connectivity index (χ0) is 22.0. The monoisotopic (exact) mass is 456 g/mol. The first-order chi connectivity index (χ1) is 14.9. The van der Waals surface area contributed by atoms with Crippen LogP contribution < -0.4 is 15.8 Å². The fraction of sp³-hybridized carbons (Fsp3) is 0.435. The van der Waals surface area contributed by atoms with Crippen LogP contribution in [0.2, 0.25) is 0 Å². The molecule has 1 aliphatic rings. The van der Waals surface area contributed by atoms with E-state index in [1.54, 1.807) is 0 Å². The van der Waals surface area contributed by atoms with Gasteiger partial charge in [-0.25, -0.2) is 4.98 Å². The van der Waals surface area contributed by atoms with Crippen molar-refractivity contribution in [1.82, 2.24) is 15.3 Å². The van der Waals surface area contributed by atoms with Crippen molar-refractivity contribution in [3.8, 4) is 0 Å². The second-order valence-corrected chi connectivity index (χ2v) is 10.5. The number of aryl methyl sites for hydroxylation is 2. The number of carbonyl (C=O) groups excluding carboxylic acids is 1. The van der Waals surface area contributed by atoms with E-state index in [1.165, 1.54) is 41.6 Å². The van der Waals surface area contributed by atoms with Crippen molar-refractivity contribution >= 4 is 44.9 Å². The smallest absolute Gasteiger partial charge is 0.259 e. The van der Waals surface area contributed by atoms with Crippen LogP contribution in [0.15, 0.2) is 29.1 Å². The maximum absolute atomic E-state index is 12.5. The lowest BCUT2D eigenvalue weighted by molar-refractivity contribution is -0.120. The summed E-state index contributed by atoms with van der Waals surface area (Å²) >= 11 is 3.01. The predicted octanol–water partition coefficient (Wildman–Crippen LogP) is 4.14. The number of aromatic nitrogens is 2. The minimum atomic E-state index is -0.239. The highest BCUT2D eigenvalue weighted by Gasteiger charge is 2.16. The molecule has 164 valence electrons. The van der Waals surface area contributed by atoms with Gasteiger partial charge in [0.25, 0.3) is 5.56 Å². The molecule has 1 unspecified atom stereocenters. The van der Waals surface area contributed by atoms with Crippen LogP contribution in [0.5, 0.6) is 0 Å². The normalized spacial score (nSPS) is 14.9. The standard InChI is InChI=1S/C23H28N4O2S2/c1-14-15(2)31-23-20(14)22(29)25-19(26-23)13-30-16(3)21(28)24-12-17-6-8-18(9-7-17)27-10-4-5-11-27/h6-9,16H,4-5,10-13H2,1-3H3,(H,24,28)(H,25,26,29). The molecule has 1 amide bonds. The lowest BCUT2D eigenvalue weighted by Crippen LogP contribution is -2.30. The third-order valence-corrected chi connectivity index (χ3v) is 8.06. The number of aromatic amines is 1. The number of amides is 1. The molecule has 0 spiro atoms. The third-order valence-electron chi connectivity index (χ3n) is 5.80.